The van der Waals surface area contributed by atoms with Crippen molar-refractivity contribution in [3.63, 3.8) is 0 Å². The molecule has 0 saturated carbocycles. The summed E-state index contributed by atoms with van der Waals surface area (Å²) in [5.74, 6) is 0. The molecule has 1 rings (SSSR count). The smallest absolute Gasteiger partial charge is 0.0445 e. The van der Waals surface area contributed by atoms with Crippen LogP contribution in [0.4, 0.5) is 0 Å². The van der Waals surface area contributed by atoms with Crippen molar-refractivity contribution in [1.29, 1.82) is 0 Å². The van der Waals surface area contributed by atoms with E-state index in [0.29, 0.717) is 12.6 Å². The van der Waals surface area contributed by atoms with Crippen molar-refractivity contribution in [2.75, 3.05) is 6.61 Å². The zero-order valence-electron chi connectivity index (χ0n) is 8.05. The van der Waals surface area contributed by atoms with E-state index in [-0.39, 0.29) is 0 Å². The van der Waals surface area contributed by atoms with Crippen molar-refractivity contribution in [2.45, 2.75) is 57.5 Å². The lowest BCUT2D eigenvalue weighted by atomic mass is 10.1. The highest BCUT2D eigenvalue weighted by Crippen LogP contribution is 2.18. The Labute approximate surface area is 75.4 Å². The minimum atomic E-state index is 0.332. The van der Waals surface area contributed by atoms with E-state index in [0.717, 1.165) is 12.5 Å². The molecule has 72 valence electrons. The van der Waals surface area contributed by atoms with Gasteiger partial charge in [-0.05, 0) is 25.7 Å². The number of nitrogens with one attached hydrogen (secondary N) is 1. The van der Waals surface area contributed by atoms with E-state index in [2.05, 4.69) is 12.2 Å². The van der Waals surface area contributed by atoms with Crippen LogP contribution < -0.4 is 5.32 Å². The molecule has 12 heavy (non-hydrogen) atoms. The van der Waals surface area contributed by atoms with Crippen molar-refractivity contribution in [3.8, 4) is 0 Å². The molecule has 0 aromatic rings. The van der Waals surface area contributed by atoms with Crippen molar-refractivity contribution >= 4 is 0 Å². The molecule has 2 nitrogen and oxygen atoms in total. The van der Waals surface area contributed by atoms with Gasteiger partial charge in [-0.1, -0.05) is 19.8 Å². The molecule has 0 bridgehead atoms. The maximum atomic E-state index is 8.75. The predicted molar refractivity (Wildman–Crippen MR) is 51.2 cm³/mol. The van der Waals surface area contributed by atoms with Crippen LogP contribution in [-0.2, 0) is 0 Å². The Balaban J connectivity index is 2.08. The Morgan fingerprint density at radius 3 is 2.50 bits per heavy atom. The van der Waals surface area contributed by atoms with Gasteiger partial charge in [-0.2, -0.15) is 0 Å². The van der Waals surface area contributed by atoms with E-state index >= 15 is 0 Å². The normalized spacial score (nSPS) is 29.5. The fraction of sp³-hybridized carbons (Fsp3) is 1.00. The van der Waals surface area contributed by atoms with Crippen LogP contribution in [-0.4, -0.2) is 23.8 Å². The number of aliphatic hydroxyl groups is 1. The Bertz CT molecular complexity index is 116. The van der Waals surface area contributed by atoms with E-state index in [4.69, 9.17) is 5.11 Å². The molecule has 0 amide bonds. The molecular weight excluding hydrogens is 150 g/mol. The van der Waals surface area contributed by atoms with E-state index in [1.165, 1.54) is 32.1 Å². The lowest BCUT2D eigenvalue weighted by molar-refractivity contribution is 0.268. The van der Waals surface area contributed by atoms with Gasteiger partial charge in [-0.15, -0.1) is 0 Å². The molecule has 2 heteroatoms. The van der Waals surface area contributed by atoms with Gasteiger partial charge >= 0.3 is 0 Å². The number of hydrogen-bond acceptors (Lipinski definition) is 2. The second-order valence-electron chi connectivity index (χ2n) is 3.79. The van der Waals surface area contributed by atoms with E-state index in [9.17, 15) is 0 Å². The molecule has 1 heterocycles. The molecule has 0 aromatic carbocycles. The van der Waals surface area contributed by atoms with Gasteiger partial charge in [0.15, 0.2) is 0 Å². The Morgan fingerprint density at radius 1 is 1.25 bits per heavy atom. The summed E-state index contributed by atoms with van der Waals surface area (Å²) >= 11 is 0. The maximum Gasteiger partial charge on any atom is 0.0445 e. The Hall–Kier alpha value is -0.0800. The van der Waals surface area contributed by atoms with Crippen LogP contribution in [0.15, 0.2) is 0 Å². The zero-order chi connectivity index (χ0) is 8.81. The van der Waals surface area contributed by atoms with Gasteiger partial charge in [0.2, 0.25) is 0 Å². The van der Waals surface area contributed by atoms with Gasteiger partial charge in [-0.3, -0.25) is 0 Å². The maximum absolute atomic E-state index is 8.75. The van der Waals surface area contributed by atoms with Crippen molar-refractivity contribution in [3.05, 3.63) is 0 Å². The molecule has 0 radical (unpaired) electrons. The van der Waals surface area contributed by atoms with Gasteiger partial charge in [0, 0.05) is 18.7 Å². The molecule has 1 aliphatic rings. The highest BCUT2D eigenvalue weighted by atomic mass is 16.3. The van der Waals surface area contributed by atoms with Crippen LogP contribution in [0.5, 0.6) is 0 Å². The lowest BCUT2D eigenvalue weighted by Gasteiger charge is -2.12. The van der Waals surface area contributed by atoms with Crippen LogP contribution in [0.1, 0.15) is 45.4 Å². The third kappa shape index (κ3) is 3.11. The Morgan fingerprint density at radius 2 is 1.92 bits per heavy atom. The molecular formula is C10H21NO. The first kappa shape index (κ1) is 10.0. The summed E-state index contributed by atoms with van der Waals surface area (Å²) in [7, 11) is 0. The average molecular weight is 171 g/mol. The molecule has 0 aliphatic carbocycles. The van der Waals surface area contributed by atoms with Gasteiger partial charge in [0.05, 0.1) is 0 Å². The Kier molecular flexibility index (Phi) is 4.62. The van der Waals surface area contributed by atoms with Gasteiger partial charge in [-0.25, -0.2) is 0 Å². The summed E-state index contributed by atoms with van der Waals surface area (Å²) in [5, 5.41) is 12.3. The first-order valence-corrected chi connectivity index (χ1v) is 5.23. The van der Waals surface area contributed by atoms with Crippen molar-refractivity contribution in [2.24, 2.45) is 0 Å². The number of aliphatic hydroxyl groups excluding tert-OH is 1. The first-order chi connectivity index (χ1) is 5.86. The summed E-state index contributed by atoms with van der Waals surface area (Å²) in [6.07, 6.45) is 7.45. The monoisotopic (exact) mass is 171 g/mol. The minimum absolute atomic E-state index is 0.332. The molecule has 0 aromatic heterocycles. The highest BCUT2D eigenvalue weighted by molar-refractivity contribution is 4.82. The van der Waals surface area contributed by atoms with Crippen molar-refractivity contribution in [1.82, 2.24) is 5.32 Å². The average Bonchev–Trinajstić information content (AvgIpc) is 2.50. The predicted octanol–water partition coefficient (Wildman–Crippen LogP) is 1.68. The fourth-order valence-corrected chi connectivity index (χ4v) is 1.96. The minimum Gasteiger partial charge on any atom is -0.396 e. The second-order valence-corrected chi connectivity index (χ2v) is 3.79. The van der Waals surface area contributed by atoms with Crippen LogP contribution >= 0.6 is 0 Å². The first-order valence-electron chi connectivity index (χ1n) is 5.23. The quantitative estimate of drug-likeness (QED) is 0.659. The standard InChI is InChI=1S/C10H21NO/c1-2-3-4-9-5-6-10(11-9)7-8-12/h9-12H,2-8H2,1H3/t9-,10+/m1/s1. The molecule has 1 aliphatic heterocycles. The van der Waals surface area contributed by atoms with Crippen LogP contribution in [0.3, 0.4) is 0 Å². The number of unbranched alkanes of at least 4 members (excludes halogenated alkanes) is 1. The van der Waals surface area contributed by atoms with Gasteiger partial charge in [0.25, 0.3) is 0 Å². The molecule has 2 N–H and O–H groups in total. The summed E-state index contributed by atoms with van der Waals surface area (Å²) in [5.41, 5.74) is 0. The molecule has 0 spiro atoms. The van der Waals surface area contributed by atoms with Gasteiger partial charge < -0.3 is 10.4 Å². The van der Waals surface area contributed by atoms with Gasteiger partial charge in [0.1, 0.15) is 0 Å². The summed E-state index contributed by atoms with van der Waals surface area (Å²) in [6.45, 7) is 2.57. The summed E-state index contributed by atoms with van der Waals surface area (Å²) < 4.78 is 0. The van der Waals surface area contributed by atoms with E-state index in [1.807, 2.05) is 0 Å². The zero-order valence-corrected chi connectivity index (χ0v) is 8.05. The number of hydrogen-bond donors (Lipinski definition) is 2. The van der Waals surface area contributed by atoms with E-state index < -0.39 is 0 Å². The highest BCUT2D eigenvalue weighted by Gasteiger charge is 2.21. The molecule has 2 atom stereocenters. The van der Waals surface area contributed by atoms with E-state index in [1.54, 1.807) is 0 Å². The molecule has 0 unspecified atom stereocenters. The summed E-state index contributed by atoms with van der Waals surface area (Å²) in [6, 6.07) is 1.33. The molecule has 1 fully saturated rings. The molecule has 1 saturated heterocycles. The van der Waals surface area contributed by atoms with Crippen LogP contribution in [0.2, 0.25) is 0 Å². The topological polar surface area (TPSA) is 32.3 Å². The number of rotatable bonds is 5. The largest absolute Gasteiger partial charge is 0.396 e. The second kappa shape index (κ2) is 5.55. The van der Waals surface area contributed by atoms with Crippen LogP contribution in [0, 0.1) is 0 Å². The third-order valence-electron chi connectivity index (χ3n) is 2.72. The fourth-order valence-electron chi connectivity index (χ4n) is 1.96. The van der Waals surface area contributed by atoms with Crippen molar-refractivity contribution < 1.29 is 5.11 Å². The van der Waals surface area contributed by atoms with Crippen LogP contribution in [0.25, 0.3) is 0 Å². The third-order valence-corrected chi connectivity index (χ3v) is 2.72. The lowest BCUT2D eigenvalue weighted by Crippen LogP contribution is -2.29. The summed E-state index contributed by atoms with van der Waals surface area (Å²) in [4.78, 5) is 0. The SMILES string of the molecule is CCCC[C@@H]1CC[C@@H](CCO)N1.